The third-order valence-corrected chi connectivity index (χ3v) is 13.9. The summed E-state index contributed by atoms with van der Waals surface area (Å²) < 4.78 is 25.3. The largest absolute Gasteiger partial charge is 0.480 e. The molecule has 3 saturated carbocycles. The highest BCUT2D eigenvalue weighted by Gasteiger charge is 2.56. The lowest BCUT2D eigenvalue weighted by atomic mass is 9.63. The number of aliphatic carboxylic acids is 6. The van der Waals surface area contributed by atoms with Gasteiger partial charge in [-0.25, -0.2) is 8.78 Å². The van der Waals surface area contributed by atoms with E-state index in [9.17, 15) is 37.5 Å². The number of rotatable bonds is 8. The van der Waals surface area contributed by atoms with Gasteiger partial charge in [0.25, 0.3) is 5.92 Å². The molecule has 9 rings (SSSR count). The molecule has 6 bridgehead atoms. The predicted octanol–water partition coefficient (Wildman–Crippen LogP) is 2.55. The summed E-state index contributed by atoms with van der Waals surface area (Å²) in [5.74, 6) is -5.70. The maximum Gasteiger partial charge on any atom is 0.324 e. The Kier molecular flexibility index (Phi) is 20.4. The van der Waals surface area contributed by atoms with Crippen LogP contribution in [0.5, 0.6) is 0 Å². The number of likely N-dealkylation sites (N-methyl/N-ethyl adjacent to an activating group) is 6. The maximum absolute atomic E-state index is 12.7. The van der Waals surface area contributed by atoms with Crippen LogP contribution < -0.4 is 5.32 Å². The molecule has 0 aromatic carbocycles. The Bertz CT molecular complexity index is 1490. The Hall–Kier alpha value is -3.56. The van der Waals surface area contributed by atoms with Gasteiger partial charge in [-0.15, -0.1) is 0 Å². The number of likely N-dealkylation sites (tertiary alicyclic amines) is 2. The maximum atomic E-state index is 12.7. The number of carboxylic acids is 6. The standard InChI is InChI=1S/C9H15NO2.2C8H13NO2.C7H11F2NO2.C5H11NO2.C4H9NO2/c1-10-7-4-2-6(3-5-7)8(10)9(11)12;1-9-3-2-6-4-8(9,5-6)7(10)11;1-9-6-3-2-5(4-6)7(9)8(10)11;1-10-4-7(8,9)3-2-5(10)6(11)12;1-4(5(7)8)6(2)3;1-3(5-2)4(6)7/h6-8H,2-5H2,1H3,(H,11,12);6H,2-5H2,1H3,(H,10,11);5-7H,2-4H2,1H3,(H,10,11);5H,2-4H2,1H3,(H,11,12);4H,1-3H3,(H,7,8);3,5H,1-2H3,(H,6,7)/t6?,7?,8-;;5-,6+,7-;;;/m1.1.../s1. The minimum atomic E-state index is -2.72. The van der Waals surface area contributed by atoms with Crippen molar-refractivity contribution >= 4 is 35.8 Å². The van der Waals surface area contributed by atoms with Crippen LogP contribution in [0.25, 0.3) is 0 Å². The van der Waals surface area contributed by atoms with Crippen molar-refractivity contribution in [2.75, 3.05) is 62.4 Å². The van der Waals surface area contributed by atoms with E-state index in [1.165, 1.54) is 37.6 Å². The Morgan fingerprint density at radius 3 is 1.46 bits per heavy atom. The molecule has 9 fully saturated rings. The first-order chi connectivity index (χ1) is 28.2. The average molecular weight is 879 g/mol. The van der Waals surface area contributed by atoms with Gasteiger partial charge in [-0.2, -0.15) is 0 Å². The van der Waals surface area contributed by atoms with Crippen LogP contribution in [0.3, 0.4) is 0 Å². The Morgan fingerprint density at radius 1 is 0.689 bits per heavy atom. The van der Waals surface area contributed by atoms with Crippen LogP contribution in [0.2, 0.25) is 0 Å². The smallest absolute Gasteiger partial charge is 0.324 e. The molecule has 7 N–H and O–H groups in total. The summed E-state index contributed by atoms with van der Waals surface area (Å²) in [6.07, 6.45) is 10.7. The number of nitrogens with one attached hydrogen (secondary N) is 1. The van der Waals surface area contributed by atoms with E-state index in [-0.39, 0.29) is 31.0 Å². The minimum absolute atomic E-state index is 0.0266. The molecule has 7 atom stereocenters. The number of piperidine rings is 6. The summed E-state index contributed by atoms with van der Waals surface area (Å²) in [5.41, 5.74) is -0.469. The first kappa shape index (κ1) is 53.6. The van der Waals surface area contributed by atoms with Gasteiger partial charge in [-0.05, 0) is 158 Å². The van der Waals surface area contributed by atoms with E-state index in [0.717, 1.165) is 45.1 Å². The van der Waals surface area contributed by atoms with Crippen molar-refractivity contribution in [1.82, 2.24) is 29.8 Å². The molecule has 61 heavy (non-hydrogen) atoms. The molecule has 6 saturated heterocycles. The lowest BCUT2D eigenvalue weighted by Crippen LogP contribution is -2.65. The zero-order valence-corrected chi connectivity index (χ0v) is 37.3. The summed E-state index contributed by atoms with van der Waals surface area (Å²) in [5, 5.41) is 54.4. The number of alkyl halides is 2. The minimum Gasteiger partial charge on any atom is -0.480 e. The lowest BCUT2D eigenvalue weighted by Gasteiger charge is -2.55. The van der Waals surface area contributed by atoms with Crippen molar-refractivity contribution in [1.29, 1.82) is 0 Å². The van der Waals surface area contributed by atoms with Gasteiger partial charge in [0.1, 0.15) is 35.7 Å². The second-order valence-corrected chi connectivity index (χ2v) is 18.0. The van der Waals surface area contributed by atoms with Crippen molar-refractivity contribution in [3.8, 4) is 0 Å². The summed E-state index contributed by atoms with van der Waals surface area (Å²) >= 11 is 0. The highest BCUT2D eigenvalue weighted by molar-refractivity contribution is 5.80. The summed E-state index contributed by atoms with van der Waals surface area (Å²) in [6, 6.07) is -0.844. The molecule has 0 radical (unpaired) electrons. The number of nitrogens with zero attached hydrogens (tertiary/aromatic N) is 5. The van der Waals surface area contributed by atoms with E-state index in [1.807, 2.05) is 30.9 Å². The molecule has 0 aromatic heterocycles. The van der Waals surface area contributed by atoms with E-state index in [0.29, 0.717) is 29.8 Å². The highest BCUT2D eigenvalue weighted by Crippen LogP contribution is 2.48. The van der Waals surface area contributed by atoms with Crippen LogP contribution in [0, 0.1) is 17.8 Å². The van der Waals surface area contributed by atoms with Crippen molar-refractivity contribution in [3.05, 3.63) is 0 Å². The lowest BCUT2D eigenvalue weighted by molar-refractivity contribution is -0.168. The van der Waals surface area contributed by atoms with E-state index in [4.69, 9.17) is 30.6 Å². The first-order valence-electron chi connectivity index (χ1n) is 21.1. The third kappa shape index (κ3) is 14.5. The SMILES string of the molecule is CC(C(=O)O)N(C)C.CN1C2CCC(CC2)[C@@H]1C(=O)O.CN1CC(F)(F)CCC1C(=O)O.CN1CCC2CC1(C(=O)O)C2.CN1[C@H]2CC[C@H](C2)[C@@H]1C(=O)O.CNC(C)C(=O)O. The van der Waals surface area contributed by atoms with E-state index >= 15 is 0 Å². The van der Waals surface area contributed by atoms with Gasteiger partial charge < -0.3 is 36.0 Å². The Morgan fingerprint density at radius 2 is 1.18 bits per heavy atom. The monoisotopic (exact) mass is 879 g/mol. The van der Waals surface area contributed by atoms with Crippen LogP contribution in [0.1, 0.15) is 90.9 Å². The van der Waals surface area contributed by atoms with E-state index < -0.39 is 65.9 Å². The van der Waals surface area contributed by atoms with Crippen LogP contribution in [0.4, 0.5) is 8.78 Å². The molecule has 3 unspecified atom stereocenters. The molecule has 20 heteroatoms. The topological polar surface area (TPSA) is 252 Å². The van der Waals surface area contributed by atoms with Crippen LogP contribution in [-0.2, 0) is 28.8 Å². The van der Waals surface area contributed by atoms with Crippen LogP contribution in [0.15, 0.2) is 0 Å². The van der Waals surface area contributed by atoms with Gasteiger partial charge in [0.15, 0.2) is 0 Å². The molecule has 6 heterocycles. The number of carbonyl (C=O) groups is 6. The molecule has 18 nitrogen and oxygen atoms in total. The second kappa shape index (κ2) is 23.2. The van der Waals surface area contributed by atoms with Crippen molar-refractivity contribution in [3.63, 3.8) is 0 Å². The Labute approximate surface area is 358 Å². The molecule has 9 aliphatic rings. The predicted molar refractivity (Wildman–Crippen MR) is 221 cm³/mol. The summed E-state index contributed by atoms with van der Waals surface area (Å²) in [4.78, 5) is 71.9. The van der Waals surface area contributed by atoms with Crippen molar-refractivity contribution in [2.24, 2.45) is 17.8 Å². The van der Waals surface area contributed by atoms with Crippen LogP contribution in [-0.4, -0.2) is 207 Å². The van der Waals surface area contributed by atoms with Gasteiger partial charge >= 0.3 is 35.8 Å². The summed E-state index contributed by atoms with van der Waals surface area (Å²) in [6.45, 7) is 3.73. The number of fused-ring (bicyclic) bond motifs is 7. The van der Waals surface area contributed by atoms with Gasteiger partial charge in [0.05, 0.1) is 6.54 Å². The quantitative estimate of drug-likeness (QED) is 0.185. The highest BCUT2D eigenvalue weighted by atomic mass is 19.3. The molecule has 6 aliphatic heterocycles. The first-order valence-corrected chi connectivity index (χ1v) is 21.1. The number of hydrogen-bond donors (Lipinski definition) is 7. The van der Waals surface area contributed by atoms with Crippen molar-refractivity contribution < 1.29 is 68.2 Å². The zero-order chi connectivity index (χ0) is 46.7. The van der Waals surface area contributed by atoms with Crippen LogP contribution >= 0.6 is 0 Å². The molecular weight excluding hydrogens is 806 g/mol. The normalized spacial score (nSPS) is 33.0. The fourth-order valence-corrected chi connectivity index (χ4v) is 9.46. The molecule has 0 aromatic rings. The third-order valence-electron chi connectivity index (χ3n) is 13.9. The van der Waals surface area contributed by atoms with Gasteiger partial charge in [0, 0.05) is 18.5 Å². The number of carboxylic acid groups (broad SMARTS) is 6. The summed E-state index contributed by atoms with van der Waals surface area (Å²) in [7, 11) is 12.3. The van der Waals surface area contributed by atoms with Gasteiger partial charge in [-0.3, -0.25) is 53.3 Å². The number of hydrogen-bond acceptors (Lipinski definition) is 12. The van der Waals surface area contributed by atoms with E-state index in [2.05, 4.69) is 10.2 Å². The van der Waals surface area contributed by atoms with Crippen molar-refractivity contribution in [2.45, 2.75) is 145 Å². The van der Waals surface area contributed by atoms with Gasteiger partial charge in [-0.1, -0.05) is 0 Å². The fraction of sp³-hybridized carbons (Fsp3) is 0.854. The molecule has 0 amide bonds. The molecular formula is C41H72F2N6O12. The average Bonchev–Trinajstić information content (AvgIpc) is 3.76. The molecule has 0 spiro atoms. The van der Waals surface area contributed by atoms with Gasteiger partial charge in [0.2, 0.25) is 0 Å². The second-order valence-electron chi connectivity index (χ2n) is 18.0. The molecule has 352 valence electrons. The fourth-order valence-electron chi connectivity index (χ4n) is 9.46. The van der Waals surface area contributed by atoms with E-state index in [1.54, 1.807) is 39.9 Å². The number of halogens is 2. The Balaban J connectivity index is 0.000000255. The zero-order valence-electron chi connectivity index (χ0n) is 37.3. The molecule has 3 aliphatic carbocycles.